The maximum Gasteiger partial charge on any atom is 0.244 e. The second-order valence-electron chi connectivity index (χ2n) is 6.83. The van der Waals surface area contributed by atoms with E-state index in [1.54, 1.807) is 34.5 Å². The second-order valence-corrected chi connectivity index (χ2v) is 9.71. The quantitative estimate of drug-likeness (QED) is 0.543. The molecule has 28 heavy (non-hydrogen) atoms. The molecule has 2 aromatic heterocycles. The highest BCUT2D eigenvalue weighted by molar-refractivity contribution is 7.98. The number of hydrogen-bond acceptors (Lipinski definition) is 5. The van der Waals surface area contributed by atoms with Crippen LogP contribution in [0.4, 0.5) is 0 Å². The van der Waals surface area contributed by atoms with Crippen LogP contribution in [-0.4, -0.2) is 40.4 Å². The standard InChI is InChI=1S/C20H26N4O2S2/c1-6-23(7-2)28(25,26)17-8-9-19-21-22-20(24(19)12-17)27-13-18-15(4)10-14(3)11-16(18)5/h8-12H,6-7,13H2,1-5H3. The lowest BCUT2D eigenvalue weighted by atomic mass is 10.0. The van der Waals surface area contributed by atoms with Crippen molar-refractivity contribution in [1.29, 1.82) is 0 Å². The average Bonchev–Trinajstić information content (AvgIpc) is 3.04. The molecule has 0 saturated heterocycles. The lowest BCUT2D eigenvalue weighted by Crippen LogP contribution is -2.30. The van der Waals surface area contributed by atoms with Gasteiger partial charge in [-0.15, -0.1) is 10.2 Å². The van der Waals surface area contributed by atoms with Crippen LogP contribution in [0.3, 0.4) is 0 Å². The minimum Gasteiger partial charge on any atom is -0.276 e. The third-order valence-electron chi connectivity index (χ3n) is 4.87. The highest BCUT2D eigenvalue weighted by atomic mass is 32.2. The Balaban J connectivity index is 1.94. The van der Waals surface area contributed by atoms with Gasteiger partial charge < -0.3 is 0 Å². The van der Waals surface area contributed by atoms with Gasteiger partial charge >= 0.3 is 0 Å². The molecule has 0 unspecified atom stereocenters. The van der Waals surface area contributed by atoms with Gasteiger partial charge in [0.1, 0.15) is 0 Å². The van der Waals surface area contributed by atoms with Crippen molar-refractivity contribution >= 4 is 27.4 Å². The largest absolute Gasteiger partial charge is 0.276 e. The molecule has 150 valence electrons. The van der Waals surface area contributed by atoms with Crippen LogP contribution in [0, 0.1) is 20.8 Å². The van der Waals surface area contributed by atoms with Crippen molar-refractivity contribution in [1.82, 2.24) is 18.9 Å². The van der Waals surface area contributed by atoms with E-state index in [-0.39, 0.29) is 4.90 Å². The van der Waals surface area contributed by atoms with Crippen LogP contribution < -0.4 is 0 Å². The molecule has 2 heterocycles. The van der Waals surface area contributed by atoms with Gasteiger partial charge in [0.05, 0.1) is 4.90 Å². The summed E-state index contributed by atoms with van der Waals surface area (Å²) in [6.07, 6.45) is 1.63. The summed E-state index contributed by atoms with van der Waals surface area (Å²) in [5.74, 6) is 0.756. The lowest BCUT2D eigenvalue weighted by Gasteiger charge is -2.18. The molecule has 0 aliphatic heterocycles. The van der Waals surface area contributed by atoms with Crippen molar-refractivity contribution in [3.05, 3.63) is 52.7 Å². The molecule has 1 aromatic carbocycles. The van der Waals surface area contributed by atoms with Gasteiger partial charge in [-0.05, 0) is 49.6 Å². The molecular weight excluding hydrogens is 392 g/mol. The number of pyridine rings is 1. The van der Waals surface area contributed by atoms with Crippen molar-refractivity contribution in [2.45, 2.75) is 50.4 Å². The van der Waals surface area contributed by atoms with Crippen LogP contribution in [0.1, 0.15) is 36.1 Å². The van der Waals surface area contributed by atoms with Crippen molar-refractivity contribution in [3.63, 3.8) is 0 Å². The Kier molecular flexibility index (Phi) is 6.12. The van der Waals surface area contributed by atoms with Gasteiger partial charge in [0.15, 0.2) is 10.8 Å². The van der Waals surface area contributed by atoms with Crippen molar-refractivity contribution in [2.75, 3.05) is 13.1 Å². The van der Waals surface area contributed by atoms with Crippen LogP contribution in [0.15, 0.2) is 40.5 Å². The monoisotopic (exact) mass is 418 g/mol. The lowest BCUT2D eigenvalue weighted by molar-refractivity contribution is 0.445. The number of benzene rings is 1. The summed E-state index contributed by atoms with van der Waals surface area (Å²) in [7, 11) is -3.52. The summed E-state index contributed by atoms with van der Waals surface area (Å²) in [5, 5.41) is 9.13. The van der Waals surface area contributed by atoms with E-state index in [2.05, 4.69) is 43.1 Å². The van der Waals surface area contributed by atoms with E-state index >= 15 is 0 Å². The molecule has 0 saturated carbocycles. The Bertz CT molecular complexity index is 1080. The molecule has 0 fully saturated rings. The van der Waals surface area contributed by atoms with Gasteiger partial charge in [0.25, 0.3) is 0 Å². The van der Waals surface area contributed by atoms with Crippen LogP contribution in [0.5, 0.6) is 0 Å². The number of hydrogen-bond donors (Lipinski definition) is 0. The molecule has 0 atom stereocenters. The van der Waals surface area contributed by atoms with Crippen LogP contribution in [-0.2, 0) is 15.8 Å². The zero-order chi connectivity index (χ0) is 20.5. The zero-order valence-electron chi connectivity index (χ0n) is 16.9. The van der Waals surface area contributed by atoms with Crippen LogP contribution in [0.2, 0.25) is 0 Å². The summed E-state index contributed by atoms with van der Waals surface area (Å²) in [6.45, 7) is 10.9. The van der Waals surface area contributed by atoms with Gasteiger partial charge in [0.2, 0.25) is 10.0 Å². The Morgan fingerprint density at radius 3 is 2.29 bits per heavy atom. The molecular formula is C20H26N4O2S2. The molecule has 0 radical (unpaired) electrons. The van der Waals surface area contributed by atoms with Gasteiger partial charge in [-0.25, -0.2) is 8.42 Å². The molecule has 3 aromatic rings. The van der Waals surface area contributed by atoms with E-state index < -0.39 is 10.0 Å². The first kappa shape index (κ1) is 20.8. The summed E-state index contributed by atoms with van der Waals surface area (Å²) in [6, 6.07) is 7.66. The molecule has 0 N–H and O–H groups in total. The molecule has 0 spiro atoms. The number of sulfonamides is 1. The third-order valence-corrected chi connectivity index (χ3v) is 7.88. The minimum atomic E-state index is -3.52. The number of aryl methyl sites for hydroxylation is 3. The van der Waals surface area contributed by atoms with Crippen molar-refractivity contribution in [2.24, 2.45) is 0 Å². The Morgan fingerprint density at radius 1 is 1.04 bits per heavy atom. The summed E-state index contributed by atoms with van der Waals surface area (Å²) >= 11 is 1.56. The Hall–Kier alpha value is -1.90. The van der Waals surface area contributed by atoms with Crippen molar-refractivity contribution in [3.8, 4) is 0 Å². The first-order valence-corrected chi connectivity index (χ1v) is 11.7. The van der Waals surface area contributed by atoms with E-state index in [9.17, 15) is 8.42 Å². The topological polar surface area (TPSA) is 67.6 Å². The smallest absolute Gasteiger partial charge is 0.244 e. The Labute approximate surface area is 171 Å². The first-order chi connectivity index (χ1) is 13.3. The second kappa shape index (κ2) is 8.23. The third kappa shape index (κ3) is 3.94. The number of aromatic nitrogens is 3. The maximum atomic E-state index is 12.8. The fourth-order valence-corrected chi connectivity index (χ4v) is 5.96. The highest BCUT2D eigenvalue weighted by Gasteiger charge is 2.22. The number of rotatable bonds is 7. The van der Waals surface area contributed by atoms with Gasteiger partial charge in [-0.2, -0.15) is 4.31 Å². The minimum absolute atomic E-state index is 0.257. The SMILES string of the molecule is CCN(CC)S(=O)(=O)c1ccc2nnc(SCc3c(C)cc(C)cc3C)n2c1. The molecule has 0 aliphatic rings. The van der Waals surface area contributed by atoms with Gasteiger partial charge in [-0.1, -0.05) is 43.3 Å². The molecule has 6 nitrogen and oxygen atoms in total. The van der Waals surface area contributed by atoms with Gasteiger partial charge in [-0.3, -0.25) is 4.40 Å². The molecule has 3 rings (SSSR count). The molecule has 0 amide bonds. The van der Waals surface area contributed by atoms with Crippen LogP contribution >= 0.6 is 11.8 Å². The fraction of sp³-hybridized carbons (Fsp3) is 0.400. The van der Waals surface area contributed by atoms with E-state index in [4.69, 9.17) is 0 Å². The highest BCUT2D eigenvalue weighted by Crippen LogP contribution is 2.27. The summed E-state index contributed by atoms with van der Waals surface area (Å²) < 4.78 is 28.9. The molecule has 0 aliphatic carbocycles. The predicted octanol–water partition coefficient (Wildman–Crippen LogP) is 3.98. The normalized spacial score (nSPS) is 12.2. The maximum absolute atomic E-state index is 12.8. The summed E-state index contributed by atoms with van der Waals surface area (Å²) in [5.41, 5.74) is 5.67. The van der Waals surface area contributed by atoms with Gasteiger partial charge in [0, 0.05) is 25.0 Å². The van der Waals surface area contributed by atoms with Crippen molar-refractivity contribution < 1.29 is 8.42 Å². The van der Waals surface area contributed by atoms with E-state index in [1.807, 2.05) is 13.8 Å². The van der Waals surface area contributed by atoms with E-state index in [0.717, 1.165) is 5.75 Å². The number of thioether (sulfide) groups is 1. The number of fused-ring (bicyclic) bond motifs is 1. The number of nitrogens with zero attached hydrogens (tertiary/aromatic N) is 4. The van der Waals surface area contributed by atoms with E-state index in [0.29, 0.717) is 23.9 Å². The Morgan fingerprint density at radius 2 is 1.68 bits per heavy atom. The van der Waals surface area contributed by atoms with Crippen LogP contribution in [0.25, 0.3) is 5.65 Å². The zero-order valence-corrected chi connectivity index (χ0v) is 18.6. The predicted molar refractivity (Wildman–Crippen MR) is 113 cm³/mol. The average molecular weight is 419 g/mol. The summed E-state index contributed by atoms with van der Waals surface area (Å²) in [4.78, 5) is 0.257. The molecule has 8 heteroatoms. The fourth-order valence-electron chi connectivity index (χ4n) is 3.39. The van der Waals surface area contributed by atoms with E-state index in [1.165, 1.54) is 26.6 Å². The molecule has 0 bridgehead atoms. The first-order valence-electron chi connectivity index (χ1n) is 9.32.